The Morgan fingerprint density at radius 1 is 1.28 bits per heavy atom. The van der Waals surface area contributed by atoms with Crippen molar-refractivity contribution < 1.29 is 9.26 Å². The maximum Gasteiger partial charge on any atom is 0.241 e. The van der Waals surface area contributed by atoms with Crippen LogP contribution in [0.5, 0.6) is 5.88 Å². The Morgan fingerprint density at radius 3 is 2.92 bits per heavy atom. The Labute approximate surface area is 144 Å². The molecule has 1 saturated heterocycles. The molecule has 0 radical (unpaired) electrons. The summed E-state index contributed by atoms with van der Waals surface area (Å²) >= 11 is 0. The number of rotatable bonds is 5. The zero-order valence-corrected chi connectivity index (χ0v) is 13.9. The van der Waals surface area contributed by atoms with E-state index in [1.807, 2.05) is 25.1 Å². The zero-order valence-electron chi connectivity index (χ0n) is 13.9. The van der Waals surface area contributed by atoms with Gasteiger partial charge in [-0.05, 0) is 25.8 Å². The van der Waals surface area contributed by atoms with Crippen LogP contribution in [-0.2, 0) is 6.54 Å². The maximum atomic E-state index is 5.98. The van der Waals surface area contributed by atoms with E-state index in [0.717, 1.165) is 31.6 Å². The lowest BCUT2D eigenvalue weighted by Gasteiger charge is -2.30. The Morgan fingerprint density at radius 2 is 2.16 bits per heavy atom. The highest BCUT2D eigenvalue weighted by Gasteiger charge is 2.23. The molecule has 3 aromatic rings. The minimum Gasteiger partial charge on any atom is -0.474 e. The summed E-state index contributed by atoms with van der Waals surface area (Å²) in [5.74, 6) is 2.21. The summed E-state index contributed by atoms with van der Waals surface area (Å²) in [4.78, 5) is 15.0. The molecule has 0 spiro atoms. The fraction of sp³-hybridized carbons (Fsp3) is 0.438. The molecule has 25 heavy (non-hydrogen) atoms. The summed E-state index contributed by atoms with van der Waals surface area (Å²) in [5, 5.41) is 10.4. The van der Waals surface area contributed by atoms with Gasteiger partial charge in [-0.1, -0.05) is 11.2 Å². The molecule has 9 heteroatoms. The number of hydrogen-bond donors (Lipinski definition) is 1. The van der Waals surface area contributed by atoms with Gasteiger partial charge in [0.05, 0.1) is 6.54 Å². The van der Waals surface area contributed by atoms with Gasteiger partial charge >= 0.3 is 0 Å². The van der Waals surface area contributed by atoms with Gasteiger partial charge in [-0.2, -0.15) is 10.1 Å². The van der Waals surface area contributed by atoms with E-state index < -0.39 is 0 Å². The fourth-order valence-corrected chi connectivity index (χ4v) is 2.86. The van der Waals surface area contributed by atoms with Crippen molar-refractivity contribution in [2.75, 3.05) is 13.1 Å². The Kier molecular flexibility index (Phi) is 4.38. The van der Waals surface area contributed by atoms with Crippen LogP contribution in [0.1, 0.15) is 24.4 Å². The van der Waals surface area contributed by atoms with Crippen LogP contribution in [0.2, 0.25) is 0 Å². The van der Waals surface area contributed by atoms with E-state index in [1.165, 1.54) is 6.33 Å². The third-order valence-corrected chi connectivity index (χ3v) is 4.14. The first kappa shape index (κ1) is 15.7. The van der Waals surface area contributed by atoms with Crippen LogP contribution in [0.4, 0.5) is 0 Å². The second kappa shape index (κ2) is 6.98. The molecule has 4 heterocycles. The van der Waals surface area contributed by atoms with E-state index in [-0.39, 0.29) is 6.10 Å². The van der Waals surface area contributed by atoms with Crippen molar-refractivity contribution in [2.24, 2.45) is 0 Å². The molecule has 4 rings (SSSR count). The van der Waals surface area contributed by atoms with Gasteiger partial charge in [0, 0.05) is 24.8 Å². The van der Waals surface area contributed by atoms with Crippen LogP contribution in [0.25, 0.3) is 11.6 Å². The van der Waals surface area contributed by atoms with Crippen LogP contribution >= 0.6 is 0 Å². The summed E-state index contributed by atoms with van der Waals surface area (Å²) in [7, 11) is 0. The number of aromatic nitrogens is 6. The predicted octanol–water partition coefficient (Wildman–Crippen LogP) is 1.60. The number of piperidine rings is 1. The lowest BCUT2D eigenvalue weighted by Crippen LogP contribution is -2.38. The molecule has 0 saturated carbocycles. The fourth-order valence-electron chi connectivity index (χ4n) is 2.86. The van der Waals surface area contributed by atoms with Crippen LogP contribution in [0.3, 0.4) is 0 Å². The number of nitrogens with one attached hydrogen (secondary N) is 1. The van der Waals surface area contributed by atoms with Gasteiger partial charge in [0.15, 0.2) is 5.82 Å². The van der Waals surface area contributed by atoms with E-state index in [4.69, 9.17) is 9.26 Å². The highest BCUT2D eigenvalue weighted by molar-refractivity contribution is 5.39. The Bertz CT molecular complexity index is 810. The second-order valence-corrected chi connectivity index (χ2v) is 6.06. The van der Waals surface area contributed by atoms with E-state index in [9.17, 15) is 0 Å². The Hall–Kier alpha value is -2.81. The number of likely N-dealkylation sites (tertiary alicyclic amines) is 1. The molecule has 0 atom stereocenters. The van der Waals surface area contributed by atoms with Crippen LogP contribution in [-0.4, -0.2) is 54.4 Å². The Balaban J connectivity index is 1.29. The molecule has 0 amide bonds. The van der Waals surface area contributed by atoms with E-state index >= 15 is 0 Å². The normalized spacial score (nSPS) is 16.2. The SMILES string of the molecule is Cc1cccc(OC2CCN(Cc3nc(-c4ncn[nH]4)no3)CC2)n1. The molecule has 0 aromatic carbocycles. The van der Waals surface area contributed by atoms with Gasteiger partial charge in [0.1, 0.15) is 12.4 Å². The molecule has 0 unspecified atom stereocenters. The van der Waals surface area contributed by atoms with Gasteiger partial charge < -0.3 is 9.26 Å². The van der Waals surface area contributed by atoms with Gasteiger partial charge in [0.2, 0.25) is 17.6 Å². The molecule has 1 aliphatic rings. The molecule has 0 aliphatic carbocycles. The number of aromatic amines is 1. The molecule has 0 bridgehead atoms. The molecule has 1 N–H and O–H groups in total. The molecule has 130 valence electrons. The topological polar surface area (TPSA) is 106 Å². The van der Waals surface area contributed by atoms with Crippen LogP contribution < -0.4 is 4.74 Å². The lowest BCUT2D eigenvalue weighted by molar-refractivity contribution is 0.0871. The van der Waals surface area contributed by atoms with E-state index in [0.29, 0.717) is 30.0 Å². The van der Waals surface area contributed by atoms with Gasteiger partial charge in [0.25, 0.3) is 0 Å². The highest BCUT2D eigenvalue weighted by Crippen LogP contribution is 2.19. The summed E-state index contributed by atoms with van der Waals surface area (Å²) in [6, 6.07) is 5.84. The lowest BCUT2D eigenvalue weighted by atomic mass is 10.1. The number of ether oxygens (including phenoxy) is 1. The largest absolute Gasteiger partial charge is 0.474 e. The van der Waals surface area contributed by atoms with E-state index in [1.54, 1.807) is 0 Å². The molecular formula is C16H19N7O2. The number of nitrogens with zero attached hydrogens (tertiary/aromatic N) is 6. The van der Waals surface area contributed by atoms with Crippen molar-refractivity contribution in [3.05, 3.63) is 36.1 Å². The summed E-state index contributed by atoms with van der Waals surface area (Å²) in [5.41, 5.74) is 0.967. The van der Waals surface area contributed by atoms with Crippen molar-refractivity contribution in [1.29, 1.82) is 0 Å². The smallest absolute Gasteiger partial charge is 0.241 e. The zero-order chi connectivity index (χ0) is 17.1. The first-order chi connectivity index (χ1) is 12.3. The average molecular weight is 341 g/mol. The summed E-state index contributed by atoms with van der Waals surface area (Å²) in [6.45, 7) is 4.41. The first-order valence-electron chi connectivity index (χ1n) is 8.27. The molecule has 3 aromatic heterocycles. The average Bonchev–Trinajstić information content (AvgIpc) is 3.28. The third-order valence-electron chi connectivity index (χ3n) is 4.14. The van der Waals surface area contributed by atoms with Crippen molar-refractivity contribution in [3.8, 4) is 17.5 Å². The number of aryl methyl sites for hydroxylation is 1. The van der Waals surface area contributed by atoms with Gasteiger partial charge in [-0.25, -0.2) is 9.97 Å². The molecule has 1 aliphatic heterocycles. The van der Waals surface area contributed by atoms with Gasteiger partial charge in [-0.3, -0.25) is 10.00 Å². The molecule has 1 fully saturated rings. The third kappa shape index (κ3) is 3.82. The maximum absolute atomic E-state index is 5.98. The quantitative estimate of drug-likeness (QED) is 0.746. The van der Waals surface area contributed by atoms with Crippen LogP contribution in [0, 0.1) is 6.92 Å². The molecule has 9 nitrogen and oxygen atoms in total. The monoisotopic (exact) mass is 341 g/mol. The van der Waals surface area contributed by atoms with Crippen molar-refractivity contribution in [1.82, 2.24) is 35.2 Å². The number of pyridine rings is 1. The minimum absolute atomic E-state index is 0.193. The number of hydrogen-bond acceptors (Lipinski definition) is 8. The predicted molar refractivity (Wildman–Crippen MR) is 87.6 cm³/mol. The van der Waals surface area contributed by atoms with Crippen molar-refractivity contribution in [3.63, 3.8) is 0 Å². The van der Waals surface area contributed by atoms with E-state index in [2.05, 4.69) is 35.2 Å². The number of H-pyrrole nitrogens is 1. The second-order valence-electron chi connectivity index (χ2n) is 6.06. The minimum atomic E-state index is 0.193. The van der Waals surface area contributed by atoms with Gasteiger partial charge in [-0.15, -0.1) is 0 Å². The summed E-state index contributed by atoms with van der Waals surface area (Å²) in [6.07, 6.45) is 3.49. The van der Waals surface area contributed by atoms with Crippen molar-refractivity contribution >= 4 is 0 Å². The standard InChI is InChI=1S/C16H19N7O2/c1-11-3-2-4-13(19-11)24-12-5-7-23(8-6-12)9-14-20-16(22-25-14)15-17-10-18-21-15/h2-4,10,12H,5-9H2,1H3,(H,17,18,21). The summed E-state index contributed by atoms with van der Waals surface area (Å²) < 4.78 is 11.3. The molecular weight excluding hydrogens is 322 g/mol. The highest BCUT2D eigenvalue weighted by atomic mass is 16.5. The first-order valence-corrected chi connectivity index (χ1v) is 8.27. The van der Waals surface area contributed by atoms with Crippen molar-refractivity contribution in [2.45, 2.75) is 32.4 Å². The van der Waals surface area contributed by atoms with Crippen LogP contribution in [0.15, 0.2) is 29.0 Å².